The van der Waals surface area contributed by atoms with Crippen molar-refractivity contribution in [3.05, 3.63) is 48.5 Å². The van der Waals surface area contributed by atoms with E-state index in [0.29, 0.717) is 23.6 Å². The third-order valence-electron chi connectivity index (χ3n) is 5.02. The smallest absolute Gasteiger partial charge is 0.245 e. The third kappa shape index (κ3) is 2.94. The first-order valence-corrected chi connectivity index (χ1v) is 10.0. The van der Waals surface area contributed by atoms with Crippen LogP contribution in [0.5, 0.6) is 11.5 Å². The summed E-state index contributed by atoms with van der Waals surface area (Å²) < 4.78 is 38.7. The van der Waals surface area contributed by atoms with Crippen LogP contribution in [0, 0.1) is 0 Å². The lowest BCUT2D eigenvalue weighted by molar-refractivity contribution is -0.121. The monoisotopic (exact) mass is 388 g/mol. The van der Waals surface area contributed by atoms with Crippen molar-refractivity contribution >= 4 is 21.6 Å². The fourth-order valence-corrected chi connectivity index (χ4v) is 5.21. The second-order valence-corrected chi connectivity index (χ2v) is 8.50. The van der Waals surface area contributed by atoms with Crippen molar-refractivity contribution in [2.45, 2.75) is 23.5 Å². The van der Waals surface area contributed by atoms with Crippen molar-refractivity contribution in [1.29, 1.82) is 0 Å². The van der Waals surface area contributed by atoms with E-state index < -0.39 is 16.1 Å². The summed E-state index contributed by atoms with van der Waals surface area (Å²) in [6, 6.07) is 12.6. The molecular weight excluding hydrogens is 368 g/mol. The molecule has 1 fully saturated rings. The molecule has 2 aliphatic heterocycles. The van der Waals surface area contributed by atoms with Gasteiger partial charge in [0.05, 0.1) is 24.2 Å². The van der Waals surface area contributed by atoms with Gasteiger partial charge in [-0.25, -0.2) is 8.42 Å². The fourth-order valence-electron chi connectivity index (χ4n) is 3.58. The number of amides is 1. The van der Waals surface area contributed by atoms with Gasteiger partial charge in [-0.3, -0.25) is 4.79 Å². The molecule has 0 spiro atoms. The summed E-state index contributed by atoms with van der Waals surface area (Å²) in [5.41, 5.74) is 0.640. The van der Waals surface area contributed by atoms with Crippen LogP contribution in [-0.2, 0) is 14.8 Å². The average Bonchev–Trinajstić information content (AvgIpc) is 3.12. The average molecular weight is 388 g/mol. The molecule has 2 heterocycles. The first-order chi connectivity index (χ1) is 12.9. The second kappa shape index (κ2) is 6.54. The molecule has 142 valence electrons. The number of carbonyl (C=O) groups is 1. The lowest BCUT2D eigenvalue weighted by Crippen LogP contribution is -2.46. The highest BCUT2D eigenvalue weighted by Crippen LogP contribution is 2.37. The van der Waals surface area contributed by atoms with E-state index in [4.69, 9.17) is 9.47 Å². The number of carbonyl (C=O) groups excluding carboxylic acids is 1. The maximum absolute atomic E-state index is 13.2. The Morgan fingerprint density at radius 2 is 1.81 bits per heavy atom. The van der Waals surface area contributed by atoms with Crippen LogP contribution < -0.4 is 14.4 Å². The molecular formula is C19H20N2O5S. The van der Waals surface area contributed by atoms with E-state index in [9.17, 15) is 13.2 Å². The molecule has 7 nitrogen and oxygen atoms in total. The molecule has 1 saturated heterocycles. The largest absolute Gasteiger partial charge is 0.497 e. The topological polar surface area (TPSA) is 76.2 Å². The van der Waals surface area contributed by atoms with Crippen LogP contribution >= 0.6 is 0 Å². The molecule has 0 aromatic heterocycles. The minimum atomic E-state index is -3.84. The Kier molecular flexibility index (Phi) is 4.32. The van der Waals surface area contributed by atoms with Crippen LogP contribution in [0.3, 0.4) is 0 Å². The maximum Gasteiger partial charge on any atom is 0.245 e. The lowest BCUT2D eigenvalue weighted by Gasteiger charge is -2.28. The van der Waals surface area contributed by atoms with Gasteiger partial charge in [-0.05, 0) is 36.4 Å². The van der Waals surface area contributed by atoms with Gasteiger partial charge in [0.2, 0.25) is 15.9 Å². The van der Waals surface area contributed by atoms with Crippen molar-refractivity contribution in [2.24, 2.45) is 0 Å². The van der Waals surface area contributed by atoms with Crippen LogP contribution in [0.25, 0.3) is 0 Å². The van der Waals surface area contributed by atoms with Gasteiger partial charge in [-0.1, -0.05) is 12.1 Å². The van der Waals surface area contributed by atoms with Crippen LogP contribution in [0.2, 0.25) is 0 Å². The number of ether oxygens (including phenoxy) is 2. The van der Waals surface area contributed by atoms with Crippen LogP contribution in [0.4, 0.5) is 5.69 Å². The summed E-state index contributed by atoms with van der Waals surface area (Å²) in [4.78, 5) is 14.6. The number of anilines is 1. The number of methoxy groups -OCH3 is 1. The van der Waals surface area contributed by atoms with E-state index in [-0.39, 0.29) is 23.5 Å². The molecule has 1 amide bonds. The summed E-state index contributed by atoms with van der Waals surface area (Å²) >= 11 is 0. The Bertz CT molecular complexity index is 974. The Balaban J connectivity index is 1.71. The SMILES string of the molecule is COc1ccc(S(=O)(=O)N2C[C@@H]3C[C@H]2C(=O)N(C)c2ccccc2O3)cc1. The molecule has 8 heteroatoms. The zero-order valence-electron chi connectivity index (χ0n) is 15.0. The van der Waals surface area contributed by atoms with Gasteiger partial charge < -0.3 is 14.4 Å². The Labute approximate surface area is 158 Å². The number of hydrogen-bond donors (Lipinski definition) is 0. The first-order valence-electron chi connectivity index (χ1n) is 8.61. The molecule has 4 rings (SSSR count). The van der Waals surface area contributed by atoms with E-state index in [1.165, 1.54) is 28.4 Å². The van der Waals surface area contributed by atoms with Gasteiger partial charge in [0.25, 0.3) is 0 Å². The Morgan fingerprint density at radius 3 is 2.52 bits per heavy atom. The van der Waals surface area contributed by atoms with Gasteiger partial charge in [0, 0.05) is 13.5 Å². The zero-order valence-corrected chi connectivity index (χ0v) is 15.8. The number of rotatable bonds is 3. The first kappa shape index (κ1) is 17.8. The van der Waals surface area contributed by atoms with Gasteiger partial charge in [-0.15, -0.1) is 0 Å². The molecule has 2 aromatic rings. The molecule has 0 N–H and O–H groups in total. The molecule has 2 bridgehead atoms. The highest BCUT2D eigenvalue weighted by atomic mass is 32.2. The predicted octanol–water partition coefficient (Wildman–Crippen LogP) is 1.88. The molecule has 2 aromatic carbocycles. The number of fused-ring (bicyclic) bond motifs is 3. The number of sulfonamides is 1. The number of para-hydroxylation sites is 2. The highest BCUT2D eigenvalue weighted by Gasteiger charge is 2.47. The lowest BCUT2D eigenvalue weighted by atomic mass is 10.1. The molecule has 0 aliphatic carbocycles. The van der Waals surface area contributed by atoms with Gasteiger partial charge in [0.15, 0.2) is 0 Å². The minimum Gasteiger partial charge on any atom is -0.497 e. The van der Waals surface area contributed by atoms with Crippen molar-refractivity contribution in [3.8, 4) is 11.5 Å². The third-order valence-corrected chi connectivity index (χ3v) is 6.91. The number of likely N-dealkylation sites (N-methyl/N-ethyl adjacent to an activating group) is 1. The Hall–Kier alpha value is -2.58. The summed E-state index contributed by atoms with van der Waals surface area (Å²) in [7, 11) is -0.686. The van der Waals surface area contributed by atoms with Gasteiger partial charge in [-0.2, -0.15) is 4.31 Å². The van der Waals surface area contributed by atoms with Gasteiger partial charge >= 0.3 is 0 Å². The van der Waals surface area contributed by atoms with Crippen LogP contribution in [-0.4, -0.2) is 51.5 Å². The number of hydrogen-bond acceptors (Lipinski definition) is 5. The van der Waals surface area contributed by atoms with E-state index in [1.54, 1.807) is 31.3 Å². The van der Waals surface area contributed by atoms with E-state index >= 15 is 0 Å². The molecule has 0 unspecified atom stereocenters. The summed E-state index contributed by atoms with van der Waals surface area (Å²) in [6.07, 6.45) is -0.0470. The van der Waals surface area contributed by atoms with Crippen molar-refractivity contribution < 1.29 is 22.7 Å². The Morgan fingerprint density at radius 1 is 1.11 bits per heavy atom. The van der Waals surface area contributed by atoms with E-state index in [2.05, 4.69) is 0 Å². The number of nitrogens with zero attached hydrogens (tertiary/aromatic N) is 2. The highest BCUT2D eigenvalue weighted by molar-refractivity contribution is 7.89. The zero-order chi connectivity index (χ0) is 19.2. The quantitative estimate of drug-likeness (QED) is 0.803. The molecule has 2 atom stereocenters. The molecule has 0 radical (unpaired) electrons. The summed E-state index contributed by atoms with van der Waals surface area (Å²) in [5.74, 6) is 0.892. The standard InChI is InChI=1S/C19H20N2O5S/c1-20-16-5-3-4-6-18(16)26-14-11-17(19(20)22)21(12-14)27(23,24)15-9-7-13(25-2)8-10-15/h3-10,14,17H,11-12H2,1-2H3/t14-,17-/m0/s1. The molecule has 0 saturated carbocycles. The summed E-state index contributed by atoms with van der Waals surface area (Å²) in [5, 5.41) is 0. The molecule has 27 heavy (non-hydrogen) atoms. The summed E-state index contributed by atoms with van der Waals surface area (Å²) in [6.45, 7) is 0.132. The fraction of sp³-hybridized carbons (Fsp3) is 0.316. The predicted molar refractivity (Wildman–Crippen MR) is 99.6 cm³/mol. The van der Waals surface area contributed by atoms with Crippen LogP contribution in [0.1, 0.15) is 6.42 Å². The number of benzene rings is 2. The van der Waals surface area contributed by atoms with E-state index in [1.807, 2.05) is 12.1 Å². The molecule has 2 aliphatic rings. The van der Waals surface area contributed by atoms with E-state index in [0.717, 1.165) is 0 Å². The minimum absolute atomic E-state index is 0.126. The van der Waals surface area contributed by atoms with Crippen LogP contribution in [0.15, 0.2) is 53.4 Å². The van der Waals surface area contributed by atoms with Crippen molar-refractivity contribution in [2.75, 3.05) is 25.6 Å². The van der Waals surface area contributed by atoms with Crippen molar-refractivity contribution in [3.63, 3.8) is 0 Å². The van der Waals surface area contributed by atoms with Gasteiger partial charge in [0.1, 0.15) is 23.6 Å². The van der Waals surface area contributed by atoms with Crippen molar-refractivity contribution in [1.82, 2.24) is 4.31 Å². The second-order valence-electron chi connectivity index (χ2n) is 6.61. The normalized spacial score (nSPS) is 22.6. The maximum atomic E-state index is 13.2.